The molecule has 5 nitrogen and oxygen atoms in total. The number of carbonyl (C=O) groups is 1. The topological polar surface area (TPSA) is 73.6 Å². The van der Waals surface area contributed by atoms with Crippen LogP contribution < -0.4 is 11.1 Å². The van der Waals surface area contributed by atoms with Gasteiger partial charge in [0.25, 0.3) is 0 Å². The molecule has 1 saturated heterocycles. The number of hydrogen-bond acceptors (Lipinski definition) is 4. The molecule has 2 bridgehead atoms. The molecule has 1 amide bonds. The highest BCUT2D eigenvalue weighted by Gasteiger charge is 2.68. The van der Waals surface area contributed by atoms with Gasteiger partial charge in [-0.05, 0) is 73.1 Å². The van der Waals surface area contributed by atoms with E-state index >= 15 is 0 Å². The zero-order valence-corrected chi connectivity index (χ0v) is 22.1. The highest BCUT2D eigenvalue weighted by Crippen LogP contribution is 2.66. The molecule has 194 valence electrons. The molecule has 6 rings (SSSR count). The van der Waals surface area contributed by atoms with Crippen LogP contribution in [0, 0.1) is 23.1 Å². The third kappa shape index (κ3) is 5.08. The molecule has 1 aliphatic heterocycles. The Morgan fingerprint density at radius 1 is 1.08 bits per heavy atom. The van der Waals surface area contributed by atoms with Crippen molar-refractivity contribution in [1.29, 1.82) is 0 Å². The molecule has 3 aliphatic carbocycles. The molecular formula is C28H37BClFN2O3. The first-order chi connectivity index (χ1) is 16.7. The quantitative estimate of drug-likeness (QED) is 0.506. The van der Waals surface area contributed by atoms with Gasteiger partial charge < -0.3 is 20.4 Å². The van der Waals surface area contributed by atoms with Crippen LogP contribution in [0.15, 0.2) is 54.6 Å². The predicted octanol–water partition coefficient (Wildman–Crippen LogP) is 4.57. The van der Waals surface area contributed by atoms with Gasteiger partial charge in [-0.25, -0.2) is 4.39 Å². The van der Waals surface area contributed by atoms with Crippen LogP contribution in [0.3, 0.4) is 0 Å². The summed E-state index contributed by atoms with van der Waals surface area (Å²) in [6.07, 6.45) is 3.34. The van der Waals surface area contributed by atoms with Crippen molar-refractivity contribution in [3.8, 4) is 0 Å². The normalized spacial score (nSPS) is 29.4. The van der Waals surface area contributed by atoms with Crippen LogP contribution in [-0.4, -0.2) is 37.3 Å². The lowest BCUT2D eigenvalue weighted by Crippen LogP contribution is -2.65. The van der Waals surface area contributed by atoms with E-state index in [4.69, 9.17) is 15.0 Å². The Balaban J connectivity index is 0.00000304. The van der Waals surface area contributed by atoms with E-state index in [1.807, 2.05) is 30.3 Å². The summed E-state index contributed by atoms with van der Waals surface area (Å²) in [5.41, 5.74) is 8.16. The van der Waals surface area contributed by atoms with Gasteiger partial charge in [-0.15, -0.1) is 12.4 Å². The number of carbonyl (C=O) groups excluding carboxylic acids is 1. The van der Waals surface area contributed by atoms with Crippen LogP contribution in [0.4, 0.5) is 4.39 Å². The van der Waals surface area contributed by atoms with Gasteiger partial charge in [0.2, 0.25) is 5.91 Å². The molecule has 0 spiro atoms. The average molecular weight is 515 g/mol. The second-order valence-corrected chi connectivity index (χ2v) is 11.5. The Hall–Kier alpha value is -1.93. The summed E-state index contributed by atoms with van der Waals surface area (Å²) in [4.78, 5) is 12.9. The monoisotopic (exact) mass is 514 g/mol. The van der Waals surface area contributed by atoms with E-state index < -0.39 is 13.2 Å². The molecule has 6 atom stereocenters. The average Bonchev–Trinajstić information content (AvgIpc) is 3.20. The molecule has 1 heterocycles. The highest BCUT2D eigenvalue weighted by molar-refractivity contribution is 6.47. The lowest BCUT2D eigenvalue weighted by atomic mass is 9.43. The van der Waals surface area contributed by atoms with Crippen molar-refractivity contribution in [2.75, 3.05) is 6.54 Å². The van der Waals surface area contributed by atoms with Crippen LogP contribution in [0.1, 0.15) is 44.7 Å². The minimum atomic E-state index is -0.637. The summed E-state index contributed by atoms with van der Waals surface area (Å²) in [5.74, 6) is 0.557. The molecule has 4 aliphatic rings. The molecule has 36 heavy (non-hydrogen) atoms. The number of nitrogens with one attached hydrogen (secondary N) is 1. The summed E-state index contributed by atoms with van der Waals surface area (Å²) >= 11 is 0. The van der Waals surface area contributed by atoms with Crippen molar-refractivity contribution < 1.29 is 18.5 Å². The molecule has 3 N–H and O–H groups in total. The van der Waals surface area contributed by atoms with Crippen molar-refractivity contribution in [2.24, 2.45) is 23.0 Å². The second kappa shape index (κ2) is 10.4. The molecule has 3 saturated carbocycles. The van der Waals surface area contributed by atoms with E-state index in [2.05, 4.69) is 26.1 Å². The van der Waals surface area contributed by atoms with Crippen molar-refractivity contribution in [1.82, 2.24) is 5.32 Å². The van der Waals surface area contributed by atoms with E-state index in [-0.39, 0.29) is 47.1 Å². The van der Waals surface area contributed by atoms with Crippen molar-refractivity contribution in [2.45, 2.75) is 70.0 Å². The molecule has 4 fully saturated rings. The second-order valence-electron chi connectivity index (χ2n) is 11.5. The fraction of sp³-hybridized carbons (Fsp3) is 0.536. The SMILES string of the molecule is CC1(C)C2CC3OB([C@@H](CNC(=O)[C@@H](N)Cc4ccccc4)Cc4ccc(F)cc4)O[C@]3(C)C1C2.Cl. The summed E-state index contributed by atoms with van der Waals surface area (Å²) in [6.45, 7) is 7.26. The summed E-state index contributed by atoms with van der Waals surface area (Å²) < 4.78 is 26.7. The van der Waals surface area contributed by atoms with Crippen LogP contribution in [0.25, 0.3) is 0 Å². The van der Waals surface area contributed by atoms with Crippen LogP contribution >= 0.6 is 12.4 Å². The molecule has 0 radical (unpaired) electrons. The predicted molar refractivity (Wildman–Crippen MR) is 142 cm³/mol. The van der Waals surface area contributed by atoms with Crippen molar-refractivity contribution in [3.63, 3.8) is 0 Å². The summed E-state index contributed by atoms with van der Waals surface area (Å²) in [7, 11) is -0.434. The first-order valence-corrected chi connectivity index (χ1v) is 12.8. The molecule has 8 heteroatoms. The fourth-order valence-electron chi connectivity index (χ4n) is 6.61. The van der Waals surface area contributed by atoms with E-state index in [0.29, 0.717) is 31.2 Å². The molecule has 0 aromatic heterocycles. The first kappa shape index (κ1) is 27.1. The Labute approximate surface area is 220 Å². The minimum absolute atomic E-state index is 0. The molecule has 2 aromatic rings. The van der Waals surface area contributed by atoms with Crippen molar-refractivity contribution in [3.05, 3.63) is 71.5 Å². The Morgan fingerprint density at radius 2 is 1.75 bits per heavy atom. The van der Waals surface area contributed by atoms with Gasteiger partial charge in [-0.2, -0.15) is 0 Å². The van der Waals surface area contributed by atoms with E-state index in [9.17, 15) is 9.18 Å². The lowest BCUT2D eigenvalue weighted by molar-refractivity contribution is -0.199. The number of halogens is 2. The number of benzene rings is 2. The van der Waals surface area contributed by atoms with Gasteiger partial charge in [-0.1, -0.05) is 56.3 Å². The van der Waals surface area contributed by atoms with Gasteiger partial charge in [0.15, 0.2) is 0 Å². The summed E-state index contributed by atoms with van der Waals surface area (Å²) in [5, 5.41) is 3.05. The maximum atomic E-state index is 13.5. The third-order valence-corrected chi connectivity index (χ3v) is 8.94. The minimum Gasteiger partial charge on any atom is -0.405 e. The maximum absolute atomic E-state index is 13.5. The first-order valence-electron chi connectivity index (χ1n) is 12.8. The van der Waals surface area contributed by atoms with Gasteiger partial charge in [0.05, 0.1) is 17.7 Å². The van der Waals surface area contributed by atoms with Gasteiger partial charge in [0, 0.05) is 12.4 Å². The largest absolute Gasteiger partial charge is 0.463 e. The molecule has 3 unspecified atom stereocenters. The van der Waals surface area contributed by atoms with Crippen LogP contribution in [0.5, 0.6) is 0 Å². The number of nitrogens with two attached hydrogens (primary N) is 1. The standard InChI is InChI=1S/C28H36BFN2O3.ClH/c1-27(2)20-15-24(27)28(3)25(16-20)34-29(35-28)21(13-19-9-11-22(30)12-10-19)17-32-26(33)23(31)14-18-7-5-4-6-8-18;/h4-12,20-21,23-25H,13-17,31H2,1-3H3,(H,32,33);1H/t20?,21-,23+,24?,25?,28-;/m1./s1. The Kier molecular flexibility index (Phi) is 7.87. The zero-order chi connectivity index (χ0) is 24.8. The van der Waals surface area contributed by atoms with E-state index in [1.54, 1.807) is 12.1 Å². The van der Waals surface area contributed by atoms with Gasteiger partial charge in [-0.3, -0.25) is 4.79 Å². The third-order valence-electron chi connectivity index (χ3n) is 8.94. The Morgan fingerprint density at radius 3 is 2.42 bits per heavy atom. The smallest absolute Gasteiger partial charge is 0.405 e. The summed E-state index contributed by atoms with van der Waals surface area (Å²) in [6, 6.07) is 15.6. The maximum Gasteiger partial charge on any atom is 0.463 e. The number of amides is 1. The number of rotatable bonds is 8. The van der Waals surface area contributed by atoms with Gasteiger partial charge in [0.1, 0.15) is 5.82 Å². The van der Waals surface area contributed by atoms with Crippen LogP contribution in [0.2, 0.25) is 5.82 Å². The van der Waals surface area contributed by atoms with E-state index in [1.165, 1.54) is 18.6 Å². The molecule has 2 aromatic carbocycles. The molecular weight excluding hydrogens is 478 g/mol. The highest BCUT2D eigenvalue weighted by atomic mass is 35.5. The number of hydrogen-bond donors (Lipinski definition) is 2. The Bertz CT molecular complexity index is 1060. The lowest BCUT2D eigenvalue weighted by Gasteiger charge is -2.64. The van der Waals surface area contributed by atoms with Crippen molar-refractivity contribution >= 4 is 25.4 Å². The zero-order valence-electron chi connectivity index (χ0n) is 21.3. The van der Waals surface area contributed by atoms with Gasteiger partial charge >= 0.3 is 7.12 Å². The fourth-order valence-corrected chi connectivity index (χ4v) is 6.61. The van der Waals surface area contributed by atoms with Crippen LogP contribution in [-0.2, 0) is 26.9 Å². The van der Waals surface area contributed by atoms with E-state index in [0.717, 1.165) is 17.5 Å².